The Labute approximate surface area is 105 Å². The second-order valence-electron chi connectivity index (χ2n) is 4.83. The molecule has 1 aliphatic carbocycles. The summed E-state index contributed by atoms with van der Waals surface area (Å²) in [7, 11) is 0. The molecule has 1 saturated carbocycles. The number of ether oxygens (including phenoxy) is 1. The summed E-state index contributed by atoms with van der Waals surface area (Å²) < 4.78 is 5.20. The van der Waals surface area contributed by atoms with E-state index in [1.54, 1.807) is 0 Å². The summed E-state index contributed by atoms with van der Waals surface area (Å²) in [6.07, 6.45) is 10.2. The lowest BCUT2D eigenvalue weighted by atomic mass is 9.65. The van der Waals surface area contributed by atoms with Crippen LogP contribution in [-0.4, -0.2) is 12.6 Å². The van der Waals surface area contributed by atoms with Gasteiger partial charge in [-0.15, -0.1) is 13.2 Å². The fourth-order valence-corrected chi connectivity index (χ4v) is 2.88. The normalized spacial score (nSPS) is 20.3. The van der Waals surface area contributed by atoms with Crippen molar-refractivity contribution in [1.29, 1.82) is 0 Å². The van der Waals surface area contributed by atoms with Crippen LogP contribution in [0.1, 0.15) is 45.4 Å². The minimum absolute atomic E-state index is 0.0707. The smallest absolute Gasteiger partial charge is 0.310 e. The summed E-state index contributed by atoms with van der Waals surface area (Å²) >= 11 is 0. The zero-order valence-corrected chi connectivity index (χ0v) is 10.9. The fraction of sp³-hybridized carbons (Fsp3) is 0.667. The Bertz CT molecular complexity index is 275. The highest BCUT2D eigenvalue weighted by atomic mass is 16.5. The molecule has 1 fully saturated rings. The van der Waals surface area contributed by atoms with E-state index in [1.807, 2.05) is 19.1 Å². The summed E-state index contributed by atoms with van der Waals surface area (Å²) in [5.74, 6) is -0.188. The summed E-state index contributed by atoms with van der Waals surface area (Å²) in [4.78, 5) is 12.1. The van der Waals surface area contributed by atoms with Crippen LogP contribution in [0.25, 0.3) is 0 Å². The highest BCUT2D eigenvalue weighted by Crippen LogP contribution is 2.45. The maximum atomic E-state index is 12.1. The van der Waals surface area contributed by atoms with Crippen molar-refractivity contribution in [3.8, 4) is 0 Å². The number of carbonyl (C=O) groups is 1. The second-order valence-corrected chi connectivity index (χ2v) is 4.83. The minimum Gasteiger partial charge on any atom is -0.466 e. The zero-order chi connectivity index (χ0) is 12.7. The van der Waals surface area contributed by atoms with E-state index in [9.17, 15) is 4.79 Å². The Kier molecular flexibility index (Phi) is 5.46. The molecule has 0 aromatic rings. The molecule has 1 unspecified atom stereocenters. The number of allylic oxidation sites excluding steroid dienone is 2. The lowest BCUT2D eigenvalue weighted by Gasteiger charge is -2.39. The van der Waals surface area contributed by atoms with E-state index in [0.29, 0.717) is 13.0 Å². The SMILES string of the molecule is C=CCC(C(=O)OCC)C1(C=C)CCCCC1. The second kappa shape index (κ2) is 6.63. The average molecular weight is 236 g/mol. The van der Waals surface area contributed by atoms with Gasteiger partial charge in [-0.1, -0.05) is 31.4 Å². The number of rotatable bonds is 6. The van der Waals surface area contributed by atoms with Crippen molar-refractivity contribution in [3.63, 3.8) is 0 Å². The third-order valence-corrected chi connectivity index (χ3v) is 3.86. The molecule has 0 aliphatic heterocycles. The van der Waals surface area contributed by atoms with Gasteiger partial charge in [0.05, 0.1) is 12.5 Å². The van der Waals surface area contributed by atoms with Crippen LogP contribution in [0, 0.1) is 11.3 Å². The molecule has 1 atom stereocenters. The lowest BCUT2D eigenvalue weighted by molar-refractivity contribution is -0.152. The minimum atomic E-state index is -0.0993. The van der Waals surface area contributed by atoms with E-state index in [0.717, 1.165) is 12.8 Å². The quantitative estimate of drug-likeness (QED) is 0.517. The lowest BCUT2D eigenvalue weighted by Crippen LogP contribution is -2.37. The molecular formula is C15H24O2. The first-order chi connectivity index (χ1) is 8.20. The Morgan fingerprint density at radius 2 is 2.00 bits per heavy atom. The van der Waals surface area contributed by atoms with E-state index in [2.05, 4.69) is 13.2 Å². The van der Waals surface area contributed by atoms with Crippen LogP contribution in [0.4, 0.5) is 0 Å². The van der Waals surface area contributed by atoms with E-state index >= 15 is 0 Å². The highest BCUT2D eigenvalue weighted by molar-refractivity contribution is 5.74. The van der Waals surface area contributed by atoms with Gasteiger partial charge in [0.25, 0.3) is 0 Å². The fourth-order valence-electron chi connectivity index (χ4n) is 2.88. The molecule has 0 bridgehead atoms. The van der Waals surface area contributed by atoms with E-state index < -0.39 is 0 Å². The van der Waals surface area contributed by atoms with E-state index in [4.69, 9.17) is 4.74 Å². The molecule has 1 aliphatic rings. The van der Waals surface area contributed by atoms with Gasteiger partial charge in [-0.2, -0.15) is 0 Å². The van der Waals surface area contributed by atoms with Crippen LogP contribution in [0.15, 0.2) is 25.3 Å². The van der Waals surface area contributed by atoms with Gasteiger partial charge in [0, 0.05) is 5.41 Å². The first-order valence-corrected chi connectivity index (χ1v) is 6.61. The molecule has 1 rings (SSSR count). The van der Waals surface area contributed by atoms with Crippen molar-refractivity contribution < 1.29 is 9.53 Å². The van der Waals surface area contributed by atoms with Crippen LogP contribution < -0.4 is 0 Å². The van der Waals surface area contributed by atoms with Gasteiger partial charge in [-0.05, 0) is 26.2 Å². The van der Waals surface area contributed by atoms with Crippen LogP contribution in [-0.2, 0) is 9.53 Å². The summed E-state index contributed by atoms with van der Waals surface area (Å²) in [5, 5.41) is 0. The molecule has 0 N–H and O–H groups in total. The first kappa shape index (κ1) is 14.0. The van der Waals surface area contributed by atoms with Gasteiger partial charge in [0.15, 0.2) is 0 Å². The molecule has 0 heterocycles. The molecule has 0 aromatic heterocycles. The van der Waals surface area contributed by atoms with Gasteiger partial charge in [0.1, 0.15) is 0 Å². The van der Waals surface area contributed by atoms with E-state index in [1.165, 1.54) is 19.3 Å². The zero-order valence-electron chi connectivity index (χ0n) is 10.9. The van der Waals surface area contributed by atoms with Crippen molar-refractivity contribution in [2.45, 2.75) is 45.4 Å². The van der Waals surface area contributed by atoms with Gasteiger partial charge < -0.3 is 4.74 Å². The molecule has 96 valence electrons. The van der Waals surface area contributed by atoms with Crippen LogP contribution in [0.3, 0.4) is 0 Å². The molecule has 0 amide bonds. The summed E-state index contributed by atoms with van der Waals surface area (Å²) in [6, 6.07) is 0. The molecule has 0 radical (unpaired) electrons. The Hall–Kier alpha value is -1.05. The summed E-state index contributed by atoms with van der Waals surface area (Å²) in [5.41, 5.74) is -0.0707. The molecular weight excluding hydrogens is 212 g/mol. The average Bonchev–Trinajstić information content (AvgIpc) is 2.37. The van der Waals surface area contributed by atoms with Gasteiger partial charge >= 0.3 is 5.97 Å². The third-order valence-electron chi connectivity index (χ3n) is 3.86. The largest absolute Gasteiger partial charge is 0.466 e. The van der Waals surface area contributed by atoms with Gasteiger partial charge in [-0.3, -0.25) is 4.79 Å². The van der Waals surface area contributed by atoms with Gasteiger partial charge in [0.2, 0.25) is 0 Å². The maximum Gasteiger partial charge on any atom is 0.310 e. The number of carbonyl (C=O) groups excluding carboxylic acids is 1. The molecule has 0 spiro atoms. The van der Waals surface area contributed by atoms with Crippen molar-refractivity contribution in [3.05, 3.63) is 25.3 Å². The monoisotopic (exact) mass is 236 g/mol. The molecule has 0 aromatic carbocycles. The molecule has 2 nitrogen and oxygen atoms in total. The van der Waals surface area contributed by atoms with Crippen LogP contribution in [0.2, 0.25) is 0 Å². The Morgan fingerprint density at radius 1 is 1.35 bits per heavy atom. The predicted molar refractivity (Wildman–Crippen MR) is 70.7 cm³/mol. The summed E-state index contributed by atoms with van der Waals surface area (Å²) in [6.45, 7) is 10.0. The molecule has 2 heteroatoms. The van der Waals surface area contributed by atoms with Crippen molar-refractivity contribution in [2.75, 3.05) is 6.61 Å². The third kappa shape index (κ3) is 3.21. The molecule has 17 heavy (non-hydrogen) atoms. The topological polar surface area (TPSA) is 26.3 Å². The van der Waals surface area contributed by atoms with Crippen molar-refractivity contribution in [1.82, 2.24) is 0 Å². The van der Waals surface area contributed by atoms with E-state index in [-0.39, 0.29) is 17.3 Å². The van der Waals surface area contributed by atoms with Gasteiger partial charge in [-0.25, -0.2) is 0 Å². The number of hydrogen-bond donors (Lipinski definition) is 0. The highest BCUT2D eigenvalue weighted by Gasteiger charge is 2.41. The predicted octanol–water partition coefficient (Wildman–Crippen LogP) is 3.88. The standard InChI is InChI=1S/C15H24O2/c1-4-10-13(14(16)17-6-3)15(5-2)11-8-7-9-12-15/h4-5,13H,1-2,6-12H2,3H3. The Morgan fingerprint density at radius 3 is 2.47 bits per heavy atom. The number of hydrogen-bond acceptors (Lipinski definition) is 2. The van der Waals surface area contributed by atoms with Crippen molar-refractivity contribution >= 4 is 5.97 Å². The van der Waals surface area contributed by atoms with Crippen LogP contribution in [0.5, 0.6) is 0 Å². The van der Waals surface area contributed by atoms with Crippen LogP contribution >= 0.6 is 0 Å². The van der Waals surface area contributed by atoms with Crippen molar-refractivity contribution in [2.24, 2.45) is 11.3 Å². The molecule has 0 saturated heterocycles. The Balaban J connectivity index is 2.88. The first-order valence-electron chi connectivity index (χ1n) is 6.61. The number of esters is 1. The maximum absolute atomic E-state index is 12.1.